The molecule has 0 saturated heterocycles. The van der Waals surface area contributed by atoms with Crippen molar-refractivity contribution in [1.82, 2.24) is 4.72 Å². The molecule has 7 heteroatoms. The van der Waals surface area contributed by atoms with Crippen LogP contribution in [-0.2, 0) is 25.9 Å². The molecule has 0 atom stereocenters. The Kier molecular flexibility index (Phi) is 6.95. The predicted octanol–water partition coefficient (Wildman–Crippen LogP) is 1.99. The second kappa shape index (κ2) is 7.96. The van der Waals surface area contributed by atoms with Gasteiger partial charge < -0.3 is 9.47 Å². The van der Waals surface area contributed by atoms with E-state index in [9.17, 15) is 8.42 Å². The molecule has 0 aliphatic heterocycles. The van der Waals surface area contributed by atoms with Crippen LogP contribution in [0.4, 0.5) is 0 Å². The molecule has 0 radical (unpaired) electrons. The first kappa shape index (κ1) is 16.6. The Hall–Kier alpha value is -0.470. The quantitative estimate of drug-likeness (QED) is 0.709. The van der Waals surface area contributed by atoms with Crippen molar-refractivity contribution in [2.24, 2.45) is 0 Å². The maximum absolute atomic E-state index is 12.1. The Labute approximate surface area is 119 Å². The third kappa shape index (κ3) is 5.19. The fourth-order valence-electron chi connectivity index (χ4n) is 1.48. The number of thiophene rings is 1. The van der Waals surface area contributed by atoms with Gasteiger partial charge in [-0.05, 0) is 32.4 Å². The van der Waals surface area contributed by atoms with Crippen LogP contribution in [0, 0.1) is 0 Å². The first-order valence-electron chi connectivity index (χ1n) is 6.35. The van der Waals surface area contributed by atoms with Gasteiger partial charge in [0.1, 0.15) is 4.21 Å². The number of nitrogens with one attached hydrogen (secondary N) is 1. The zero-order valence-corrected chi connectivity index (χ0v) is 13.1. The lowest BCUT2D eigenvalue weighted by Crippen LogP contribution is -2.35. The maximum Gasteiger partial charge on any atom is 0.250 e. The smallest absolute Gasteiger partial charge is 0.250 e. The number of hydrogen-bond donors (Lipinski definition) is 1. The van der Waals surface area contributed by atoms with Gasteiger partial charge in [0.05, 0.1) is 6.54 Å². The Morgan fingerprint density at radius 3 is 2.32 bits per heavy atom. The third-order valence-electron chi connectivity index (χ3n) is 2.40. The summed E-state index contributed by atoms with van der Waals surface area (Å²) in [5.74, 6) is 0. The Morgan fingerprint density at radius 2 is 1.84 bits per heavy atom. The maximum atomic E-state index is 12.1. The molecule has 1 N–H and O–H groups in total. The molecular formula is C12H21NO4S2. The molecule has 1 aromatic rings. The van der Waals surface area contributed by atoms with Gasteiger partial charge in [-0.2, -0.15) is 0 Å². The standard InChI is InChI=1S/C12H21NO4S2/c1-4-10-7-8-12(18-10)19(14,15)13-9-11(16-5-2)17-6-3/h7-8,11,13H,4-6,9H2,1-3H3. The molecule has 0 fully saturated rings. The van der Waals surface area contributed by atoms with Crippen LogP contribution in [-0.4, -0.2) is 34.5 Å². The van der Waals surface area contributed by atoms with E-state index in [1.54, 1.807) is 6.07 Å². The number of hydrogen-bond acceptors (Lipinski definition) is 5. The molecule has 0 bridgehead atoms. The molecule has 1 heterocycles. The summed E-state index contributed by atoms with van der Waals surface area (Å²) in [6.07, 6.45) is 0.288. The predicted molar refractivity (Wildman–Crippen MR) is 75.9 cm³/mol. The van der Waals surface area contributed by atoms with Crippen LogP contribution in [0.5, 0.6) is 0 Å². The number of rotatable bonds is 9. The summed E-state index contributed by atoms with van der Waals surface area (Å²) in [6.45, 7) is 6.75. The summed E-state index contributed by atoms with van der Waals surface area (Å²) in [5.41, 5.74) is 0. The molecule has 1 aromatic heterocycles. The summed E-state index contributed by atoms with van der Waals surface area (Å²) in [5, 5.41) is 0. The van der Waals surface area contributed by atoms with Crippen LogP contribution in [0.25, 0.3) is 0 Å². The van der Waals surface area contributed by atoms with Crippen molar-refractivity contribution >= 4 is 21.4 Å². The van der Waals surface area contributed by atoms with E-state index < -0.39 is 16.3 Å². The van der Waals surface area contributed by atoms with Gasteiger partial charge in [-0.25, -0.2) is 13.1 Å². The van der Waals surface area contributed by atoms with E-state index in [0.717, 1.165) is 11.3 Å². The first-order valence-corrected chi connectivity index (χ1v) is 8.65. The van der Waals surface area contributed by atoms with Crippen LogP contribution in [0.2, 0.25) is 0 Å². The average Bonchev–Trinajstić information content (AvgIpc) is 2.86. The van der Waals surface area contributed by atoms with Crippen LogP contribution >= 0.6 is 11.3 Å². The summed E-state index contributed by atoms with van der Waals surface area (Å²) >= 11 is 1.29. The Bertz CT molecular complexity index is 464. The minimum Gasteiger partial charge on any atom is -0.352 e. The van der Waals surface area contributed by atoms with Crippen LogP contribution in [0.15, 0.2) is 16.3 Å². The van der Waals surface area contributed by atoms with Gasteiger partial charge in [0.2, 0.25) is 10.0 Å². The molecule has 0 saturated carbocycles. The fraction of sp³-hybridized carbons (Fsp3) is 0.667. The lowest BCUT2D eigenvalue weighted by molar-refractivity contribution is -0.130. The summed E-state index contributed by atoms with van der Waals surface area (Å²) in [4.78, 5) is 1.05. The van der Waals surface area contributed by atoms with E-state index in [4.69, 9.17) is 9.47 Å². The molecule has 0 aromatic carbocycles. The van der Waals surface area contributed by atoms with Crippen molar-refractivity contribution in [1.29, 1.82) is 0 Å². The SMILES string of the molecule is CCOC(CNS(=O)(=O)c1ccc(CC)s1)OCC. The second-order valence-corrected chi connectivity index (χ2v) is 6.93. The van der Waals surface area contributed by atoms with E-state index in [-0.39, 0.29) is 6.54 Å². The number of ether oxygens (including phenoxy) is 2. The van der Waals surface area contributed by atoms with Gasteiger partial charge in [0.25, 0.3) is 0 Å². The molecule has 19 heavy (non-hydrogen) atoms. The van der Waals surface area contributed by atoms with E-state index in [2.05, 4.69) is 4.72 Å². The molecule has 110 valence electrons. The van der Waals surface area contributed by atoms with Crippen molar-refractivity contribution < 1.29 is 17.9 Å². The normalized spacial score (nSPS) is 12.2. The van der Waals surface area contributed by atoms with E-state index in [1.807, 2.05) is 26.8 Å². The Balaban J connectivity index is 2.63. The highest BCUT2D eigenvalue weighted by atomic mass is 32.2. The highest BCUT2D eigenvalue weighted by molar-refractivity contribution is 7.91. The molecule has 1 rings (SSSR count). The van der Waals surface area contributed by atoms with Gasteiger partial charge in [-0.15, -0.1) is 11.3 Å². The minimum atomic E-state index is -3.47. The van der Waals surface area contributed by atoms with Gasteiger partial charge in [-0.1, -0.05) is 6.92 Å². The topological polar surface area (TPSA) is 64.6 Å². The lowest BCUT2D eigenvalue weighted by Gasteiger charge is -2.17. The van der Waals surface area contributed by atoms with Crippen LogP contribution < -0.4 is 4.72 Å². The summed E-state index contributed by atoms with van der Waals surface area (Å²) in [7, 11) is -3.47. The highest BCUT2D eigenvalue weighted by Gasteiger charge is 2.19. The van der Waals surface area contributed by atoms with E-state index in [1.165, 1.54) is 11.3 Å². The zero-order chi connectivity index (χ0) is 14.3. The highest BCUT2D eigenvalue weighted by Crippen LogP contribution is 2.21. The Morgan fingerprint density at radius 1 is 1.21 bits per heavy atom. The van der Waals surface area contributed by atoms with Crippen molar-refractivity contribution in [3.05, 3.63) is 17.0 Å². The molecule has 0 unspecified atom stereocenters. The first-order chi connectivity index (χ1) is 9.03. The summed E-state index contributed by atoms with van der Waals surface area (Å²) < 4.78 is 37.6. The van der Waals surface area contributed by atoms with Crippen molar-refractivity contribution in [3.63, 3.8) is 0 Å². The molecule has 0 aliphatic rings. The lowest BCUT2D eigenvalue weighted by atomic mass is 10.4. The number of sulfonamides is 1. The molecule has 5 nitrogen and oxygen atoms in total. The van der Waals surface area contributed by atoms with Gasteiger partial charge in [-0.3, -0.25) is 0 Å². The van der Waals surface area contributed by atoms with Gasteiger partial charge >= 0.3 is 0 Å². The zero-order valence-electron chi connectivity index (χ0n) is 11.5. The van der Waals surface area contributed by atoms with Crippen molar-refractivity contribution in [3.8, 4) is 0 Å². The third-order valence-corrected chi connectivity index (χ3v) is 5.54. The summed E-state index contributed by atoms with van der Waals surface area (Å²) in [6, 6.07) is 3.46. The fourth-order valence-corrected chi connectivity index (χ4v) is 3.84. The molecular weight excluding hydrogens is 286 g/mol. The van der Waals surface area contributed by atoms with E-state index >= 15 is 0 Å². The van der Waals surface area contributed by atoms with Crippen molar-refractivity contribution in [2.45, 2.75) is 37.7 Å². The number of aryl methyl sites for hydroxylation is 1. The monoisotopic (exact) mass is 307 g/mol. The average molecular weight is 307 g/mol. The minimum absolute atomic E-state index is 0.114. The van der Waals surface area contributed by atoms with Crippen LogP contribution in [0.1, 0.15) is 25.6 Å². The van der Waals surface area contributed by atoms with Crippen molar-refractivity contribution in [2.75, 3.05) is 19.8 Å². The van der Waals surface area contributed by atoms with Crippen LogP contribution in [0.3, 0.4) is 0 Å². The molecule has 0 aliphatic carbocycles. The van der Waals surface area contributed by atoms with Gasteiger partial charge in [0.15, 0.2) is 6.29 Å². The largest absolute Gasteiger partial charge is 0.352 e. The molecule has 0 spiro atoms. The second-order valence-electron chi connectivity index (χ2n) is 3.77. The molecule has 0 amide bonds. The van der Waals surface area contributed by atoms with E-state index in [0.29, 0.717) is 17.4 Å². The van der Waals surface area contributed by atoms with Gasteiger partial charge in [0, 0.05) is 18.1 Å².